The molecular formula is C19H20N2O5S. The highest BCUT2D eigenvalue weighted by atomic mass is 32.2. The van der Waals surface area contributed by atoms with Crippen LogP contribution in [0.25, 0.3) is 0 Å². The molecule has 142 valence electrons. The van der Waals surface area contributed by atoms with Crippen LogP contribution >= 0.6 is 0 Å². The lowest BCUT2D eigenvalue weighted by Gasteiger charge is -2.19. The molecule has 3 rings (SSSR count). The van der Waals surface area contributed by atoms with Crippen LogP contribution in [0.15, 0.2) is 53.4 Å². The van der Waals surface area contributed by atoms with Crippen molar-refractivity contribution in [3.05, 3.63) is 59.7 Å². The van der Waals surface area contributed by atoms with E-state index < -0.39 is 15.8 Å². The van der Waals surface area contributed by atoms with E-state index in [-0.39, 0.29) is 10.9 Å². The zero-order valence-corrected chi connectivity index (χ0v) is 15.9. The van der Waals surface area contributed by atoms with Gasteiger partial charge in [-0.25, -0.2) is 18.0 Å². The number of sulfone groups is 1. The van der Waals surface area contributed by atoms with E-state index in [1.807, 2.05) is 0 Å². The number of amides is 2. The molecule has 1 saturated heterocycles. The van der Waals surface area contributed by atoms with Gasteiger partial charge in [0, 0.05) is 31.6 Å². The minimum atomic E-state index is -3.34. The highest BCUT2D eigenvalue weighted by Crippen LogP contribution is 2.24. The van der Waals surface area contributed by atoms with Gasteiger partial charge in [0.25, 0.3) is 0 Å². The minimum Gasteiger partial charge on any atom is -0.465 e. The lowest BCUT2D eigenvalue weighted by molar-refractivity contribution is 0.0600. The molecule has 1 fully saturated rings. The molecule has 2 aromatic rings. The number of hydrogen-bond donors (Lipinski definition) is 0. The van der Waals surface area contributed by atoms with E-state index >= 15 is 0 Å². The third kappa shape index (κ3) is 4.11. The van der Waals surface area contributed by atoms with Crippen LogP contribution < -0.4 is 4.90 Å². The third-order valence-corrected chi connectivity index (χ3v) is 5.51. The van der Waals surface area contributed by atoms with Crippen LogP contribution in [0, 0.1) is 0 Å². The van der Waals surface area contributed by atoms with Crippen LogP contribution in [0.4, 0.5) is 10.5 Å². The van der Waals surface area contributed by atoms with E-state index in [1.165, 1.54) is 19.2 Å². The Morgan fingerprint density at radius 3 is 2.44 bits per heavy atom. The van der Waals surface area contributed by atoms with Gasteiger partial charge in [0.15, 0.2) is 9.84 Å². The first-order chi connectivity index (χ1) is 12.8. The molecule has 27 heavy (non-hydrogen) atoms. The molecule has 1 heterocycles. The SMILES string of the molecule is COC(=O)c1ccc(CN2CCN(c3cccc(S(C)(=O)=O)c3)C2=O)cc1. The van der Waals surface area contributed by atoms with Crippen molar-refractivity contribution in [2.45, 2.75) is 11.4 Å². The van der Waals surface area contributed by atoms with E-state index in [4.69, 9.17) is 0 Å². The zero-order chi connectivity index (χ0) is 19.6. The van der Waals surface area contributed by atoms with Crippen molar-refractivity contribution < 1.29 is 22.7 Å². The second-order valence-electron chi connectivity index (χ2n) is 6.31. The van der Waals surface area contributed by atoms with Gasteiger partial charge < -0.3 is 9.64 Å². The summed E-state index contributed by atoms with van der Waals surface area (Å²) in [7, 11) is -2.01. The van der Waals surface area contributed by atoms with Gasteiger partial charge in [-0.3, -0.25) is 4.90 Å². The average molecular weight is 388 g/mol. The number of carbonyl (C=O) groups is 2. The number of ether oxygens (including phenoxy) is 1. The molecule has 1 aliphatic rings. The van der Waals surface area contributed by atoms with Crippen LogP contribution in [0.1, 0.15) is 15.9 Å². The summed E-state index contributed by atoms with van der Waals surface area (Å²) in [6.07, 6.45) is 1.14. The second kappa shape index (κ2) is 7.40. The number of anilines is 1. The van der Waals surface area contributed by atoms with Gasteiger partial charge in [0.2, 0.25) is 0 Å². The molecule has 0 aromatic heterocycles. The van der Waals surface area contributed by atoms with Crippen LogP contribution in [-0.2, 0) is 21.1 Å². The first-order valence-electron chi connectivity index (χ1n) is 8.33. The van der Waals surface area contributed by atoms with Crippen LogP contribution in [0.2, 0.25) is 0 Å². The Balaban J connectivity index is 1.73. The predicted octanol–water partition coefficient (Wildman–Crippen LogP) is 2.32. The Bertz CT molecular complexity index is 970. The van der Waals surface area contributed by atoms with Crippen LogP contribution in [0.3, 0.4) is 0 Å². The van der Waals surface area contributed by atoms with Crippen molar-refractivity contribution in [1.29, 1.82) is 0 Å². The summed E-state index contributed by atoms with van der Waals surface area (Å²) in [5, 5.41) is 0. The number of nitrogens with zero attached hydrogens (tertiary/aromatic N) is 2. The Kier molecular flexibility index (Phi) is 5.18. The maximum atomic E-state index is 12.7. The topological polar surface area (TPSA) is 84.0 Å². The van der Waals surface area contributed by atoms with E-state index in [2.05, 4.69) is 4.74 Å². The number of urea groups is 1. The van der Waals surface area contributed by atoms with Crippen molar-refractivity contribution in [2.75, 3.05) is 31.4 Å². The van der Waals surface area contributed by atoms with Crippen molar-refractivity contribution in [3.63, 3.8) is 0 Å². The molecule has 0 spiro atoms. The first kappa shape index (κ1) is 18.9. The van der Waals surface area contributed by atoms with Crippen LogP contribution in [-0.4, -0.2) is 51.8 Å². The molecular weight excluding hydrogens is 368 g/mol. The molecule has 0 saturated carbocycles. The zero-order valence-electron chi connectivity index (χ0n) is 15.1. The number of esters is 1. The number of carbonyl (C=O) groups excluding carboxylic acids is 2. The number of hydrogen-bond acceptors (Lipinski definition) is 5. The third-order valence-electron chi connectivity index (χ3n) is 4.40. The quantitative estimate of drug-likeness (QED) is 0.734. The highest BCUT2D eigenvalue weighted by Gasteiger charge is 2.30. The molecule has 7 nitrogen and oxygen atoms in total. The number of methoxy groups -OCH3 is 1. The van der Waals surface area contributed by atoms with E-state index in [0.29, 0.717) is 30.9 Å². The predicted molar refractivity (Wildman–Crippen MR) is 100 cm³/mol. The summed E-state index contributed by atoms with van der Waals surface area (Å²) in [5.41, 5.74) is 1.91. The fourth-order valence-electron chi connectivity index (χ4n) is 2.94. The van der Waals surface area contributed by atoms with Gasteiger partial charge in [-0.2, -0.15) is 0 Å². The minimum absolute atomic E-state index is 0.183. The summed E-state index contributed by atoms with van der Waals surface area (Å²) in [5.74, 6) is -0.407. The standard InChI is InChI=1S/C19H20N2O5S/c1-26-18(22)15-8-6-14(7-9-15)13-20-10-11-21(19(20)23)16-4-3-5-17(12-16)27(2,24)25/h3-9,12H,10-11,13H2,1-2H3. The summed E-state index contributed by atoms with van der Waals surface area (Å²) >= 11 is 0. The Morgan fingerprint density at radius 1 is 1.11 bits per heavy atom. The molecule has 2 aromatic carbocycles. The fraction of sp³-hybridized carbons (Fsp3) is 0.263. The largest absolute Gasteiger partial charge is 0.465 e. The van der Waals surface area contributed by atoms with Crippen molar-refractivity contribution in [2.24, 2.45) is 0 Å². The lowest BCUT2D eigenvalue weighted by atomic mass is 10.1. The lowest BCUT2D eigenvalue weighted by Crippen LogP contribution is -2.31. The molecule has 1 aliphatic heterocycles. The van der Waals surface area contributed by atoms with E-state index in [1.54, 1.807) is 46.2 Å². The maximum absolute atomic E-state index is 12.7. The smallest absolute Gasteiger partial charge is 0.337 e. The van der Waals surface area contributed by atoms with E-state index in [0.717, 1.165) is 11.8 Å². The van der Waals surface area contributed by atoms with Gasteiger partial charge in [0.05, 0.1) is 17.6 Å². The summed E-state index contributed by atoms with van der Waals surface area (Å²) in [6.45, 7) is 1.41. The molecule has 0 N–H and O–H groups in total. The Hall–Kier alpha value is -2.87. The van der Waals surface area contributed by atoms with Crippen LogP contribution in [0.5, 0.6) is 0 Å². The molecule has 0 aliphatic carbocycles. The molecule has 0 unspecified atom stereocenters. The van der Waals surface area contributed by atoms with Crippen molar-refractivity contribution in [3.8, 4) is 0 Å². The molecule has 0 bridgehead atoms. The molecule has 2 amide bonds. The number of rotatable bonds is 5. The number of benzene rings is 2. The highest BCUT2D eigenvalue weighted by molar-refractivity contribution is 7.90. The average Bonchev–Trinajstić information content (AvgIpc) is 3.01. The van der Waals surface area contributed by atoms with E-state index in [9.17, 15) is 18.0 Å². The van der Waals surface area contributed by atoms with Gasteiger partial charge in [0.1, 0.15) is 0 Å². The second-order valence-corrected chi connectivity index (χ2v) is 8.33. The van der Waals surface area contributed by atoms with Crippen molar-refractivity contribution >= 4 is 27.5 Å². The van der Waals surface area contributed by atoms with Gasteiger partial charge in [-0.1, -0.05) is 18.2 Å². The first-order valence-corrected chi connectivity index (χ1v) is 10.2. The Morgan fingerprint density at radius 2 is 1.81 bits per heavy atom. The fourth-order valence-corrected chi connectivity index (χ4v) is 3.60. The Labute approximate surface area is 158 Å². The summed E-state index contributed by atoms with van der Waals surface area (Å²) < 4.78 is 28.1. The maximum Gasteiger partial charge on any atom is 0.337 e. The molecule has 0 radical (unpaired) electrons. The summed E-state index contributed by atoms with van der Waals surface area (Å²) in [4.78, 5) is 27.6. The van der Waals surface area contributed by atoms with Gasteiger partial charge >= 0.3 is 12.0 Å². The van der Waals surface area contributed by atoms with Gasteiger partial charge in [-0.05, 0) is 35.9 Å². The summed E-state index contributed by atoms with van der Waals surface area (Å²) in [6, 6.07) is 13.1. The van der Waals surface area contributed by atoms with Gasteiger partial charge in [-0.15, -0.1) is 0 Å². The molecule has 0 atom stereocenters. The molecule has 8 heteroatoms. The monoisotopic (exact) mass is 388 g/mol. The van der Waals surface area contributed by atoms with Crippen molar-refractivity contribution in [1.82, 2.24) is 4.90 Å². The normalized spacial score (nSPS) is 14.5.